The van der Waals surface area contributed by atoms with Gasteiger partial charge < -0.3 is 9.47 Å². The van der Waals surface area contributed by atoms with Crippen LogP contribution in [0.4, 0.5) is 0 Å². The van der Waals surface area contributed by atoms with Crippen LogP contribution in [-0.4, -0.2) is 12.6 Å². The molecular formula is C31H32O3. The summed E-state index contributed by atoms with van der Waals surface area (Å²) < 4.78 is 10.9. The highest BCUT2D eigenvalue weighted by atomic mass is 16.5. The number of hydrogen-bond donors (Lipinski definition) is 0. The molecule has 0 unspecified atom stereocenters. The van der Waals surface area contributed by atoms with Gasteiger partial charge in [0, 0.05) is 5.57 Å². The molecule has 0 saturated heterocycles. The van der Waals surface area contributed by atoms with Gasteiger partial charge in [0.15, 0.2) is 0 Å². The van der Waals surface area contributed by atoms with E-state index in [0.717, 1.165) is 29.7 Å². The van der Waals surface area contributed by atoms with Gasteiger partial charge in [-0.2, -0.15) is 0 Å². The van der Waals surface area contributed by atoms with E-state index in [9.17, 15) is 4.79 Å². The van der Waals surface area contributed by atoms with Crippen molar-refractivity contribution >= 4 is 5.97 Å². The summed E-state index contributed by atoms with van der Waals surface area (Å²) in [6.45, 7) is 17.4. The summed E-state index contributed by atoms with van der Waals surface area (Å²) in [6.07, 6.45) is 1.65. The van der Waals surface area contributed by atoms with Crippen LogP contribution in [0.1, 0.15) is 31.4 Å². The zero-order valence-corrected chi connectivity index (χ0v) is 20.3. The van der Waals surface area contributed by atoms with Crippen molar-refractivity contribution in [2.75, 3.05) is 6.61 Å². The minimum atomic E-state index is -0.327. The van der Waals surface area contributed by atoms with Gasteiger partial charge in [-0.25, -0.2) is 4.79 Å². The lowest BCUT2D eigenvalue weighted by Crippen LogP contribution is -2.06. The molecular weight excluding hydrogens is 420 g/mol. The fraction of sp³-hybridized carbons (Fsp3) is 0.194. The molecule has 0 saturated carbocycles. The largest absolute Gasteiger partial charge is 0.462 e. The Labute approximate surface area is 203 Å². The van der Waals surface area contributed by atoms with Crippen LogP contribution < -0.4 is 4.74 Å². The predicted octanol–water partition coefficient (Wildman–Crippen LogP) is 7.85. The van der Waals surface area contributed by atoms with Gasteiger partial charge in [-0.3, -0.25) is 0 Å². The number of benzene rings is 3. The van der Waals surface area contributed by atoms with E-state index in [0.29, 0.717) is 17.9 Å². The standard InChI is InChI=1S/C31H32O3/c1-21(2)24(6)34-29-16-13-27(14-17-29)30-18-15-28(20-23(30)5)26-11-9-25(10-12-26)8-7-19-33-31(32)22(3)4/h9-18,20H,1,3,6-8,19H2,2,4-5H3. The molecule has 0 radical (unpaired) electrons. The first kappa shape index (κ1) is 24.8. The highest BCUT2D eigenvalue weighted by Crippen LogP contribution is 2.30. The number of ether oxygens (including phenoxy) is 2. The van der Waals surface area contributed by atoms with Crippen LogP contribution in [0.15, 0.2) is 103 Å². The van der Waals surface area contributed by atoms with E-state index in [-0.39, 0.29) is 5.97 Å². The number of allylic oxidation sites excluding steroid dienone is 1. The van der Waals surface area contributed by atoms with E-state index in [1.54, 1.807) is 6.92 Å². The van der Waals surface area contributed by atoms with Gasteiger partial charge in [0.25, 0.3) is 0 Å². The van der Waals surface area contributed by atoms with E-state index in [1.807, 2.05) is 19.1 Å². The lowest BCUT2D eigenvalue weighted by atomic mass is 9.95. The maximum absolute atomic E-state index is 11.4. The molecule has 0 amide bonds. The normalized spacial score (nSPS) is 10.4. The van der Waals surface area contributed by atoms with E-state index in [4.69, 9.17) is 9.47 Å². The molecule has 0 aromatic heterocycles. The summed E-state index contributed by atoms with van der Waals surface area (Å²) in [4.78, 5) is 11.4. The third-order valence-electron chi connectivity index (χ3n) is 5.59. The van der Waals surface area contributed by atoms with Crippen molar-refractivity contribution in [3.63, 3.8) is 0 Å². The highest BCUT2D eigenvalue weighted by molar-refractivity contribution is 5.86. The second-order valence-corrected chi connectivity index (χ2v) is 8.58. The minimum absolute atomic E-state index is 0.327. The van der Waals surface area contributed by atoms with Gasteiger partial charge in [-0.15, -0.1) is 0 Å². The van der Waals surface area contributed by atoms with Crippen LogP contribution in [0.2, 0.25) is 0 Å². The van der Waals surface area contributed by atoms with Gasteiger partial charge in [-0.1, -0.05) is 74.3 Å². The van der Waals surface area contributed by atoms with Crippen molar-refractivity contribution in [1.82, 2.24) is 0 Å². The SMILES string of the molecule is C=C(C)C(=C)Oc1ccc(-c2ccc(-c3ccc(CCCOC(=O)C(=C)C)cc3)cc2C)cc1. The second-order valence-electron chi connectivity index (χ2n) is 8.58. The molecule has 3 aromatic rings. The molecule has 0 aliphatic carbocycles. The Balaban J connectivity index is 1.63. The third-order valence-corrected chi connectivity index (χ3v) is 5.59. The predicted molar refractivity (Wildman–Crippen MR) is 141 cm³/mol. The van der Waals surface area contributed by atoms with Crippen molar-refractivity contribution in [3.8, 4) is 28.0 Å². The Morgan fingerprint density at radius 1 is 0.794 bits per heavy atom. The smallest absolute Gasteiger partial charge is 0.333 e. The zero-order chi connectivity index (χ0) is 24.7. The number of rotatable bonds is 10. The first-order valence-electron chi connectivity index (χ1n) is 11.4. The molecule has 0 aliphatic rings. The number of hydrogen-bond acceptors (Lipinski definition) is 3. The molecule has 3 aromatic carbocycles. The van der Waals surface area contributed by atoms with Crippen molar-refractivity contribution in [3.05, 3.63) is 114 Å². The topological polar surface area (TPSA) is 35.5 Å². The van der Waals surface area contributed by atoms with Crippen molar-refractivity contribution < 1.29 is 14.3 Å². The summed E-state index contributed by atoms with van der Waals surface area (Å²) in [6, 6.07) is 23.1. The maximum atomic E-state index is 11.4. The Kier molecular flexibility index (Phi) is 8.26. The fourth-order valence-corrected chi connectivity index (χ4v) is 3.53. The van der Waals surface area contributed by atoms with Crippen LogP contribution in [-0.2, 0) is 16.0 Å². The van der Waals surface area contributed by atoms with Crippen molar-refractivity contribution in [2.45, 2.75) is 33.6 Å². The van der Waals surface area contributed by atoms with E-state index in [2.05, 4.69) is 81.3 Å². The van der Waals surface area contributed by atoms with Gasteiger partial charge >= 0.3 is 5.97 Å². The maximum Gasteiger partial charge on any atom is 0.333 e. The fourth-order valence-electron chi connectivity index (χ4n) is 3.53. The molecule has 0 aliphatic heterocycles. The molecule has 3 rings (SSSR count). The zero-order valence-electron chi connectivity index (χ0n) is 20.3. The molecule has 0 fully saturated rings. The molecule has 0 heterocycles. The lowest BCUT2D eigenvalue weighted by molar-refractivity contribution is -0.139. The van der Waals surface area contributed by atoms with Crippen LogP contribution in [0.3, 0.4) is 0 Å². The highest BCUT2D eigenvalue weighted by Gasteiger charge is 2.07. The summed E-state index contributed by atoms with van der Waals surface area (Å²) in [5.74, 6) is 0.998. The molecule has 0 spiro atoms. The first-order valence-corrected chi connectivity index (χ1v) is 11.4. The number of aryl methyl sites for hydroxylation is 2. The molecule has 174 valence electrons. The van der Waals surface area contributed by atoms with Gasteiger partial charge in [0.05, 0.1) is 6.61 Å². The Morgan fingerprint density at radius 3 is 2.00 bits per heavy atom. The van der Waals surface area contributed by atoms with Gasteiger partial charge in [0.2, 0.25) is 0 Å². The quantitative estimate of drug-likeness (QED) is 0.103. The molecule has 0 bridgehead atoms. The number of carbonyl (C=O) groups excluding carboxylic acids is 1. The summed E-state index contributed by atoms with van der Waals surface area (Å²) in [5.41, 5.74) is 8.36. The van der Waals surface area contributed by atoms with Crippen LogP contribution >= 0.6 is 0 Å². The molecule has 0 N–H and O–H groups in total. The lowest BCUT2D eigenvalue weighted by Gasteiger charge is -2.12. The Hall–Kier alpha value is -3.85. The Bertz CT molecular complexity index is 1200. The van der Waals surface area contributed by atoms with Crippen molar-refractivity contribution in [2.24, 2.45) is 0 Å². The van der Waals surface area contributed by atoms with Crippen molar-refractivity contribution in [1.29, 1.82) is 0 Å². The van der Waals surface area contributed by atoms with Crippen LogP contribution in [0, 0.1) is 6.92 Å². The average Bonchev–Trinajstić information content (AvgIpc) is 2.82. The summed E-state index contributed by atoms with van der Waals surface area (Å²) in [7, 11) is 0. The third kappa shape index (κ3) is 6.58. The first-order chi connectivity index (χ1) is 16.2. The summed E-state index contributed by atoms with van der Waals surface area (Å²) in [5, 5.41) is 0. The number of carbonyl (C=O) groups is 1. The monoisotopic (exact) mass is 452 g/mol. The summed E-state index contributed by atoms with van der Waals surface area (Å²) >= 11 is 0. The van der Waals surface area contributed by atoms with Gasteiger partial charge in [0.1, 0.15) is 11.5 Å². The van der Waals surface area contributed by atoms with E-state index >= 15 is 0 Å². The molecule has 34 heavy (non-hydrogen) atoms. The molecule has 3 heteroatoms. The van der Waals surface area contributed by atoms with Gasteiger partial charge in [-0.05, 0) is 84.7 Å². The Morgan fingerprint density at radius 2 is 1.41 bits per heavy atom. The molecule has 0 atom stereocenters. The molecule has 3 nitrogen and oxygen atoms in total. The van der Waals surface area contributed by atoms with Crippen LogP contribution in [0.5, 0.6) is 5.75 Å². The van der Waals surface area contributed by atoms with E-state index < -0.39 is 0 Å². The van der Waals surface area contributed by atoms with E-state index in [1.165, 1.54) is 27.8 Å². The average molecular weight is 453 g/mol. The van der Waals surface area contributed by atoms with Crippen LogP contribution in [0.25, 0.3) is 22.3 Å². The number of esters is 1. The minimum Gasteiger partial charge on any atom is -0.462 e. The second kappa shape index (κ2) is 11.3.